The van der Waals surface area contributed by atoms with Gasteiger partial charge < -0.3 is 15.2 Å². The first-order valence-corrected chi connectivity index (χ1v) is 9.74. The van der Waals surface area contributed by atoms with Crippen molar-refractivity contribution in [3.05, 3.63) is 70.9 Å². The van der Waals surface area contributed by atoms with Gasteiger partial charge in [0, 0.05) is 27.2 Å². The molecule has 1 aromatic heterocycles. The van der Waals surface area contributed by atoms with Crippen molar-refractivity contribution in [2.75, 3.05) is 10.6 Å². The van der Waals surface area contributed by atoms with Crippen LogP contribution in [0.4, 0.5) is 11.5 Å². The van der Waals surface area contributed by atoms with Crippen LogP contribution in [0.25, 0.3) is 0 Å². The molecule has 3 rings (SSSR count). The molecule has 144 valence electrons. The van der Waals surface area contributed by atoms with Crippen molar-refractivity contribution in [1.82, 2.24) is 5.16 Å². The fraction of sp³-hybridized carbons (Fsp3) is 0.150. The molecule has 0 aliphatic rings. The number of rotatable bonds is 6. The maximum absolute atomic E-state index is 12.3. The van der Waals surface area contributed by atoms with Crippen LogP contribution in [0.5, 0.6) is 0 Å². The third-order valence-electron chi connectivity index (χ3n) is 3.76. The Morgan fingerprint density at radius 2 is 1.86 bits per heavy atom. The molecule has 0 radical (unpaired) electrons. The van der Waals surface area contributed by atoms with Gasteiger partial charge in [-0.25, -0.2) is 0 Å². The van der Waals surface area contributed by atoms with E-state index >= 15 is 0 Å². The quantitative estimate of drug-likeness (QED) is 0.553. The summed E-state index contributed by atoms with van der Waals surface area (Å²) in [4.78, 5) is 25.4. The van der Waals surface area contributed by atoms with E-state index in [1.807, 2.05) is 19.1 Å². The number of nitrogens with zero attached hydrogens (tertiary/aromatic N) is 1. The van der Waals surface area contributed by atoms with Crippen LogP contribution in [0.1, 0.15) is 23.0 Å². The molecule has 3 aromatic rings. The van der Waals surface area contributed by atoms with E-state index in [0.29, 0.717) is 27.9 Å². The van der Waals surface area contributed by atoms with Gasteiger partial charge >= 0.3 is 0 Å². The molecule has 0 spiro atoms. The lowest BCUT2D eigenvalue weighted by atomic mass is 10.2. The highest BCUT2D eigenvalue weighted by Gasteiger charge is 2.16. The van der Waals surface area contributed by atoms with Crippen molar-refractivity contribution < 1.29 is 14.1 Å². The second kappa shape index (κ2) is 8.95. The van der Waals surface area contributed by atoms with Crippen molar-refractivity contribution in [3.8, 4) is 0 Å². The SMILES string of the molecule is Cc1cc(NC(=O)C(C)Sc2ccc(NC(=O)c3cccc(Cl)c3)cc2)no1. The van der Waals surface area contributed by atoms with E-state index in [1.165, 1.54) is 11.8 Å². The monoisotopic (exact) mass is 415 g/mol. The van der Waals surface area contributed by atoms with E-state index in [-0.39, 0.29) is 17.1 Å². The van der Waals surface area contributed by atoms with E-state index in [1.54, 1.807) is 49.4 Å². The zero-order valence-corrected chi connectivity index (χ0v) is 16.8. The summed E-state index contributed by atoms with van der Waals surface area (Å²) in [7, 11) is 0. The molecule has 28 heavy (non-hydrogen) atoms. The molecule has 1 atom stereocenters. The van der Waals surface area contributed by atoms with Crippen molar-refractivity contribution in [2.24, 2.45) is 0 Å². The molecule has 2 N–H and O–H groups in total. The average Bonchev–Trinajstić information content (AvgIpc) is 3.08. The number of benzene rings is 2. The van der Waals surface area contributed by atoms with Gasteiger partial charge in [-0.05, 0) is 56.3 Å². The predicted octanol–water partition coefficient (Wildman–Crippen LogP) is 5.01. The molecule has 0 bridgehead atoms. The maximum Gasteiger partial charge on any atom is 0.255 e. The minimum atomic E-state index is -0.330. The Balaban J connectivity index is 1.56. The third-order valence-corrected chi connectivity index (χ3v) is 5.11. The Kier molecular flexibility index (Phi) is 6.38. The Morgan fingerprint density at radius 1 is 1.11 bits per heavy atom. The summed E-state index contributed by atoms with van der Waals surface area (Å²) in [5.41, 5.74) is 1.14. The number of aromatic nitrogens is 1. The fourth-order valence-electron chi connectivity index (χ4n) is 2.36. The number of hydrogen-bond acceptors (Lipinski definition) is 5. The normalized spacial score (nSPS) is 11.7. The van der Waals surface area contributed by atoms with Crippen molar-refractivity contribution in [2.45, 2.75) is 24.0 Å². The van der Waals surface area contributed by atoms with Crippen LogP contribution in [0, 0.1) is 6.92 Å². The van der Waals surface area contributed by atoms with Crippen LogP contribution in [-0.4, -0.2) is 22.2 Å². The lowest BCUT2D eigenvalue weighted by Crippen LogP contribution is -2.22. The molecular formula is C20H18ClN3O3S. The number of aryl methyl sites for hydroxylation is 1. The minimum absolute atomic E-state index is 0.170. The largest absolute Gasteiger partial charge is 0.360 e. The zero-order chi connectivity index (χ0) is 20.1. The van der Waals surface area contributed by atoms with Crippen LogP contribution in [-0.2, 0) is 4.79 Å². The Labute approximate surface area is 171 Å². The lowest BCUT2D eigenvalue weighted by Gasteiger charge is -2.11. The van der Waals surface area contributed by atoms with E-state index in [4.69, 9.17) is 16.1 Å². The maximum atomic E-state index is 12.3. The van der Waals surface area contributed by atoms with Gasteiger partial charge in [0.1, 0.15) is 5.76 Å². The summed E-state index contributed by atoms with van der Waals surface area (Å²) in [6, 6.07) is 15.7. The summed E-state index contributed by atoms with van der Waals surface area (Å²) in [6.45, 7) is 3.56. The van der Waals surface area contributed by atoms with Gasteiger partial charge in [0.2, 0.25) is 5.91 Å². The van der Waals surface area contributed by atoms with Gasteiger partial charge in [-0.2, -0.15) is 0 Å². The van der Waals surface area contributed by atoms with E-state index in [2.05, 4.69) is 15.8 Å². The fourth-order valence-corrected chi connectivity index (χ4v) is 3.42. The smallest absolute Gasteiger partial charge is 0.255 e. The standard InChI is InChI=1S/C20H18ClN3O3S/c1-12-10-18(24-27-12)23-19(25)13(2)28-17-8-6-16(7-9-17)22-20(26)14-4-3-5-15(21)11-14/h3-11,13H,1-2H3,(H,22,26)(H,23,24,25). The van der Waals surface area contributed by atoms with E-state index in [9.17, 15) is 9.59 Å². The molecule has 0 saturated heterocycles. The number of hydrogen-bond donors (Lipinski definition) is 2. The number of anilines is 2. The van der Waals surface area contributed by atoms with Gasteiger partial charge in [-0.3, -0.25) is 9.59 Å². The number of halogens is 1. The Morgan fingerprint density at radius 3 is 2.50 bits per heavy atom. The Bertz CT molecular complexity index is 988. The molecular weight excluding hydrogens is 398 g/mol. The summed E-state index contributed by atoms with van der Waals surface area (Å²) in [5, 5.41) is 9.46. The van der Waals surface area contributed by atoms with Crippen molar-refractivity contribution in [1.29, 1.82) is 0 Å². The van der Waals surface area contributed by atoms with Crippen LogP contribution >= 0.6 is 23.4 Å². The molecule has 0 aliphatic heterocycles. The van der Waals surface area contributed by atoms with Gasteiger partial charge in [-0.1, -0.05) is 22.8 Å². The molecule has 0 aliphatic carbocycles. The van der Waals surface area contributed by atoms with Gasteiger partial charge in [0.25, 0.3) is 5.91 Å². The van der Waals surface area contributed by atoms with Gasteiger partial charge in [-0.15, -0.1) is 11.8 Å². The predicted molar refractivity (Wildman–Crippen MR) is 111 cm³/mol. The number of amides is 2. The van der Waals surface area contributed by atoms with Crippen LogP contribution in [0.2, 0.25) is 5.02 Å². The highest BCUT2D eigenvalue weighted by Crippen LogP contribution is 2.26. The second-order valence-corrected chi connectivity index (χ2v) is 7.91. The van der Waals surface area contributed by atoms with Crippen LogP contribution < -0.4 is 10.6 Å². The number of carbonyl (C=O) groups excluding carboxylic acids is 2. The summed E-state index contributed by atoms with van der Waals surface area (Å²) in [5.74, 6) is 0.621. The molecule has 6 nitrogen and oxygen atoms in total. The van der Waals surface area contributed by atoms with Crippen LogP contribution in [0.15, 0.2) is 64.0 Å². The molecule has 8 heteroatoms. The summed E-state index contributed by atoms with van der Waals surface area (Å²) < 4.78 is 4.93. The average molecular weight is 416 g/mol. The summed E-state index contributed by atoms with van der Waals surface area (Å²) in [6.07, 6.45) is 0. The van der Waals surface area contributed by atoms with E-state index < -0.39 is 0 Å². The number of carbonyl (C=O) groups is 2. The number of thioether (sulfide) groups is 1. The highest BCUT2D eigenvalue weighted by atomic mass is 35.5. The lowest BCUT2D eigenvalue weighted by molar-refractivity contribution is -0.115. The third kappa shape index (κ3) is 5.37. The molecule has 0 fully saturated rings. The number of nitrogens with one attached hydrogen (secondary N) is 2. The molecule has 2 amide bonds. The molecule has 1 heterocycles. The van der Waals surface area contributed by atoms with Crippen LogP contribution in [0.3, 0.4) is 0 Å². The minimum Gasteiger partial charge on any atom is -0.360 e. The second-order valence-electron chi connectivity index (χ2n) is 6.06. The molecule has 1 unspecified atom stereocenters. The van der Waals surface area contributed by atoms with Crippen molar-refractivity contribution >= 4 is 46.7 Å². The zero-order valence-electron chi connectivity index (χ0n) is 15.2. The summed E-state index contributed by atoms with van der Waals surface area (Å²) >= 11 is 7.32. The topological polar surface area (TPSA) is 84.2 Å². The first-order valence-electron chi connectivity index (χ1n) is 8.48. The van der Waals surface area contributed by atoms with Crippen molar-refractivity contribution in [3.63, 3.8) is 0 Å². The Hall–Kier alpha value is -2.77. The highest BCUT2D eigenvalue weighted by molar-refractivity contribution is 8.00. The molecule has 2 aromatic carbocycles. The first kappa shape index (κ1) is 20.0. The van der Waals surface area contributed by atoms with Gasteiger partial charge in [0.15, 0.2) is 5.82 Å². The van der Waals surface area contributed by atoms with E-state index in [0.717, 1.165) is 4.90 Å². The van der Waals surface area contributed by atoms with Gasteiger partial charge in [0.05, 0.1) is 5.25 Å². The first-order chi connectivity index (χ1) is 13.4. The molecule has 0 saturated carbocycles.